The largest absolute Gasteiger partial charge is 0.365 e. The molecule has 3 atom stereocenters. The Morgan fingerprint density at radius 3 is 2.33 bits per heavy atom. The van der Waals surface area contributed by atoms with Crippen molar-refractivity contribution in [2.24, 2.45) is 0 Å². The number of nitrogens with zero attached hydrogens (tertiary/aromatic N) is 2. The highest BCUT2D eigenvalue weighted by Crippen LogP contribution is 2.39. The minimum Gasteiger partial charge on any atom is -0.365 e. The molecule has 2 saturated heterocycles. The molecule has 0 bridgehead atoms. The molecule has 2 aromatic rings. The summed E-state index contributed by atoms with van der Waals surface area (Å²) in [5.41, 5.74) is -0.232. The predicted octanol–water partition coefficient (Wildman–Crippen LogP) is 3.06. The lowest BCUT2D eigenvalue weighted by molar-refractivity contribution is -0.147. The second-order valence-corrected chi connectivity index (χ2v) is 11.7. The van der Waals surface area contributed by atoms with Crippen molar-refractivity contribution in [3.8, 4) is 11.1 Å². The molecule has 12 heteroatoms. The fraction of sp³-hybridized carbons (Fsp3) is 0.500. The maximum Gasteiger partial charge on any atom is 0.278 e. The highest BCUT2D eigenvalue weighted by molar-refractivity contribution is 7.90. The standard InChI is InChI=1S/C24H26F5N3O3S/c25-16-9-15(10-17(26)12-16)19-4-1-3-14(21(19)27)11-20-22(30-36(34,35)18-5-6-18)24(28,29)13-32(20)23(33)31-7-2-8-31/h1,3-4,9-10,12,18,20,22-23,30,33H,2,5-8,11,13H2/t20-,22+,23?/m0/s1. The summed E-state index contributed by atoms with van der Waals surface area (Å²) in [6.45, 7) is 0.0659. The molecule has 0 aromatic heterocycles. The van der Waals surface area contributed by atoms with E-state index in [0.29, 0.717) is 32.0 Å². The lowest BCUT2D eigenvalue weighted by Crippen LogP contribution is -2.58. The number of sulfonamides is 1. The number of rotatable bonds is 8. The van der Waals surface area contributed by atoms with Crippen molar-refractivity contribution < 1.29 is 35.5 Å². The van der Waals surface area contributed by atoms with Crippen LogP contribution in [0.3, 0.4) is 0 Å². The number of alkyl halides is 2. The summed E-state index contributed by atoms with van der Waals surface area (Å²) in [5, 5.41) is 10.1. The molecule has 36 heavy (non-hydrogen) atoms. The van der Waals surface area contributed by atoms with Gasteiger partial charge in [0.25, 0.3) is 5.92 Å². The van der Waals surface area contributed by atoms with Crippen LogP contribution < -0.4 is 4.72 Å². The second kappa shape index (κ2) is 9.32. The molecule has 0 spiro atoms. The fourth-order valence-corrected chi connectivity index (χ4v) is 6.55. The number of aliphatic hydroxyl groups is 1. The summed E-state index contributed by atoms with van der Waals surface area (Å²) in [7, 11) is -4.03. The molecular weight excluding hydrogens is 505 g/mol. The van der Waals surface area contributed by atoms with E-state index in [-0.39, 0.29) is 23.1 Å². The molecule has 0 radical (unpaired) electrons. The van der Waals surface area contributed by atoms with Gasteiger partial charge in [0.1, 0.15) is 23.5 Å². The average Bonchev–Trinajstić information content (AvgIpc) is 3.57. The van der Waals surface area contributed by atoms with Gasteiger partial charge in [0.05, 0.1) is 11.8 Å². The van der Waals surface area contributed by atoms with Gasteiger partial charge in [-0.3, -0.25) is 9.80 Å². The van der Waals surface area contributed by atoms with Crippen LogP contribution in [0.4, 0.5) is 22.0 Å². The Kier molecular flexibility index (Phi) is 6.61. The SMILES string of the molecule is O=S(=O)(N[C@@H]1[C@H](Cc2cccc(-c3cc(F)cc(F)c3)c2F)N(C(O)N2CCC2)CC1(F)F)C1CC1. The first-order valence-electron chi connectivity index (χ1n) is 11.8. The van der Waals surface area contributed by atoms with Gasteiger partial charge in [-0.05, 0) is 48.9 Å². The van der Waals surface area contributed by atoms with Gasteiger partial charge < -0.3 is 5.11 Å². The fourth-order valence-electron chi connectivity index (χ4n) is 4.91. The molecule has 1 saturated carbocycles. The van der Waals surface area contributed by atoms with Crippen LogP contribution in [-0.2, 0) is 16.4 Å². The molecule has 1 aliphatic carbocycles. The van der Waals surface area contributed by atoms with Crippen molar-refractivity contribution in [1.29, 1.82) is 0 Å². The van der Waals surface area contributed by atoms with E-state index < -0.39 is 63.6 Å². The van der Waals surface area contributed by atoms with Crippen molar-refractivity contribution in [2.45, 2.75) is 55.3 Å². The van der Waals surface area contributed by atoms with Gasteiger partial charge in [0, 0.05) is 30.8 Å². The zero-order valence-corrected chi connectivity index (χ0v) is 20.0. The molecule has 2 aliphatic heterocycles. The third-order valence-electron chi connectivity index (χ3n) is 7.11. The monoisotopic (exact) mass is 531 g/mol. The number of likely N-dealkylation sites (tertiary alicyclic amines) is 2. The predicted molar refractivity (Wildman–Crippen MR) is 122 cm³/mol. The first-order valence-corrected chi connectivity index (χ1v) is 13.3. The van der Waals surface area contributed by atoms with Gasteiger partial charge in [-0.2, -0.15) is 0 Å². The third kappa shape index (κ3) is 4.89. The minimum atomic E-state index is -4.03. The zero-order valence-electron chi connectivity index (χ0n) is 19.2. The molecule has 3 fully saturated rings. The van der Waals surface area contributed by atoms with Gasteiger partial charge in [-0.15, -0.1) is 0 Å². The van der Waals surface area contributed by atoms with Crippen LogP contribution in [0, 0.1) is 17.5 Å². The van der Waals surface area contributed by atoms with Crippen LogP contribution in [0.15, 0.2) is 36.4 Å². The number of halogens is 5. The quantitative estimate of drug-likeness (QED) is 0.513. The summed E-state index contributed by atoms with van der Waals surface area (Å²) in [4.78, 5) is 2.68. The van der Waals surface area contributed by atoms with E-state index in [2.05, 4.69) is 4.72 Å². The molecule has 2 heterocycles. The summed E-state index contributed by atoms with van der Waals surface area (Å²) in [6, 6.07) is 3.50. The molecule has 3 aliphatic rings. The normalized spacial score (nSPS) is 25.6. The smallest absolute Gasteiger partial charge is 0.278 e. The van der Waals surface area contributed by atoms with Crippen LogP contribution in [0.25, 0.3) is 11.1 Å². The molecule has 6 nitrogen and oxygen atoms in total. The first kappa shape index (κ1) is 25.5. The van der Waals surface area contributed by atoms with E-state index in [4.69, 9.17) is 0 Å². The molecule has 1 unspecified atom stereocenters. The topological polar surface area (TPSA) is 72.9 Å². The Bertz CT molecular complexity index is 1230. The van der Waals surface area contributed by atoms with Crippen molar-refractivity contribution in [3.63, 3.8) is 0 Å². The number of aliphatic hydroxyl groups excluding tert-OH is 1. The Balaban J connectivity index is 1.51. The molecule has 2 aromatic carbocycles. The van der Waals surface area contributed by atoms with Crippen LogP contribution in [0.1, 0.15) is 24.8 Å². The van der Waals surface area contributed by atoms with Crippen LogP contribution in [0.2, 0.25) is 0 Å². The van der Waals surface area contributed by atoms with E-state index >= 15 is 13.2 Å². The number of hydrogen-bond donors (Lipinski definition) is 2. The van der Waals surface area contributed by atoms with Gasteiger partial charge in [-0.1, -0.05) is 18.2 Å². The van der Waals surface area contributed by atoms with E-state index in [1.807, 2.05) is 0 Å². The van der Waals surface area contributed by atoms with Gasteiger partial charge in [0.15, 0.2) is 6.35 Å². The van der Waals surface area contributed by atoms with Crippen molar-refractivity contribution in [3.05, 3.63) is 59.4 Å². The van der Waals surface area contributed by atoms with E-state index in [9.17, 15) is 22.3 Å². The molecule has 0 amide bonds. The second-order valence-electron chi connectivity index (χ2n) is 9.72. The van der Waals surface area contributed by atoms with Gasteiger partial charge in [0.2, 0.25) is 10.0 Å². The maximum absolute atomic E-state index is 15.6. The Morgan fingerprint density at radius 2 is 1.75 bits per heavy atom. The number of benzene rings is 2. The first-order chi connectivity index (χ1) is 17.0. The summed E-state index contributed by atoms with van der Waals surface area (Å²) >= 11 is 0. The Hall–Kier alpha value is -2.12. The molecule has 5 rings (SSSR count). The average molecular weight is 532 g/mol. The number of nitrogens with one attached hydrogen (secondary N) is 1. The Morgan fingerprint density at radius 1 is 1.08 bits per heavy atom. The van der Waals surface area contributed by atoms with Crippen molar-refractivity contribution >= 4 is 10.0 Å². The minimum absolute atomic E-state index is 0.0451. The van der Waals surface area contributed by atoms with Gasteiger partial charge >= 0.3 is 0 Å². The van der Waals surface area contributed by atoms with Crippen LogP contribution in [-0.4, -0.2) is 72.6 Å². The number of hydrogen-bond acceptors (Lipinski definition) is 5. The lowest BCUT2D eigenvalue weighted by atomic mass is 9.95. The van der Waals surface area contributed by atoms with E-state index in [1.165, 1.54) is 18.2 Å². The Labute approximate surface area is 205 Å². The molecular formula is C24H26F5N3O3S. The van der Waals surface area contributed by atoms with Crippen LogP contribution >= 0.6 is 0 Å². The lowest BCUT2D eigenvalue weighted by Gasteiger charge is -2.42. The van der Waals surface area contributed by atoms with Crippen LogP contribution in [0.5, 0.6) is 0 Å². The molecule has 2 N–H and O–H groups in total. The van der Waals surface area contributed by atoms with Gasteiger partial charge in [-0.25, -0.2) is 35.1 Å². The zero-order chi connectivity index (χ0) is 25.8. The summed E-state index contributed by atoms with van der Waals surface area (Å²) < 4.78 is 101. The molecule has 196 valence electrons. The third-order valence-corrected chi connectivity index (χ3v) is 9.04. The van der Waals surface area contributed by atoms with E-state index in [1.54, 1.807) is 4.90 Å². The summed E-state index contributed by atoms with van der Waals surface area (Å²) in [6.07, 6.45) is -0.229. The summed E-state index contributed by atoms with van der Waals surface area (Å²) in [5.74, 6) is -6.19. The maximum atomic E-state index is 15.6. The van der Waals surface area contributed by atoms with Crippen molar-refractivity contribution in [2.75, 3.05) is 19.6 Å². The highest BCUT2D eigenvalue weighted by atomic mass is 32.2. The highest BCUT2D eigenvalue weighted by Gasteiger charge is 2.58. The van der Waals surface area contributed by atoms with E-state index in [0.717, 1.165) is 23.5 Å². The van der Waals surface area contributed by atoms with Crippen molar-refractivity contribution in [1.82, 2.24) is 14.5 Å².